The molecule has 1 rings (SSSR count). The van der Waals surface area contributed by atoms with Crippen LogP contribution in [0.4, 0.5) is 0 Å². The first-order valence-corrected chi connectivity index (χ1v) is 3.03. The van der Waals surface area contributed by atoms with E-state index in [1.165, 1.54) is 5.69 Å². The summed E-state index contributed by atoms with van der Waals surface area (Å²) in [5, 5.41) is 2.04. The number of hydrogen-bond donors (Lipinski definition) is 0. The molecule has 0 amide bonds. The summed E-state index contributed by atoms with van der Waals surface area (Å²) >= 11 is 0. The highest BCUT2D eigenvalue weighted by Gasteiger charge is 1.92. The molecule has 2 nitrogen and oxygen atoms in total. The largest absolute Gasteiger partial charge is 0.319 e. The van der Waals surface area contributed by atoms with E-state index in [0.717, 1.165) is 0 Å². The Kier molecular flexibility index (Phi) is 1.47. The minimum absolute atomic E-state index is 1.26. The molecule has 0 fully saturated rings. The third-order valence-electron chi connectivity index (χ3n) is 1.36. The molecule has 0 aliphatic rings. The van der Waals surface area contributed by atoms with Crippen molar-refractivity contribution in [3.8, 4) is 0 Å². The van der Waals surface area contributed by atoms with Crippen LogP contribution >= 0.6 is 0 Å². The van der Waals surface area contributed by atoms with Gasteiger partial charge in [-0.1, -0.05) is 0 Å². The SMILES string of the molecule is Cc1cccn1N(C)C. The number of nitrogens with zero attached hydrogens (tertiary/aromatic N) is 2. The molecule has 0 saturated carbocycles. The van der Waals surface area contributed by atoms with Crippen molar-refractivity contribution in [3.63, 3.8) is 0 Å². The Morgan fingerprint density at radius 1 is 1.44 bits per heavy atom. The van der Waals surface area contributed by atoms with Crippen LogP contribution in [0.3, 0.4) is 0 Å². The van der Waals surface area contributed by atoms with E-state index in [0.29, 0.717) is 0 Å². The maximum atomic E-state index is 2.08. The fourth-order valence-electron chi connectivity index (χ4n) is 0.907. The standard InChI is InChI=1S/C7H12N2/c1-7-5-4-6-9(7)8(2)3/h4-6H,1-3H3. The summed E-state index contributed by atoms with van der Waals surface area (Å²) in [5.41, 5.74) is 1.26. The molecule has 0 atom stereocenters. The van der Waals surface area contributed by atoms with Crippen LogP contribution in [-0.2, 0) is 0 Å². The van der Waals surface area contributed by atoms with E-state index in [9.17, 15) is 0 Å². The summed E-state index contributed by atoms with van der Waals surface area (Å²) in [6, 6.07) is 4.12. The molecular formula is C7H12N2. The van der Waals surface area contributed by atoms with Gasteiger partial charge in [0.2, 0.25) is 0 Å². The lowest BCUT2D eigenvalue weighted by molar-refractivity contribution is 0.714. The van der Waals surface area contributed by atoms with Crippen LogP contribution in [0.25, 0.3) is 0 Å². The molecule has 0 radical (unpaired) electrons. The second-order valence-electron chi connectivity index (χ2n) is 2.34. The quantitative estimate of drug-likeness (QED) is 0.542. The summed E-state index contributed by atoms with van der Waals surface area (Å²) in [7, 11) is 4.04. The molecule has 0 aliphatic heterocycles. The van der Waals surface area contributed by atoms with Gasteiger partial charge in [0.1, 0.15) is 0 Å². The van der Waals surface area contributed by atoms with Gasteiger partial charge in [-0.25, -0.2) is 0 Å². The van der Waals surface area contributed by atoms with Crippen LogP contribution in [0.5, 0.6) is 0 Å². The molecule has 0 unspecified atom stereocenters. The van der Waals surface area contributed by atoms with Gasteiger partial charge in [-0.2, -0.15) is 0 Å². The summed E-state index contributed by atoms with van der Waals surface area (Å²) < 4.78 is 2.08. The van der Waals surface area contributed by atoms with E-state index in [4.69, 9.17) is 0 Å². The molecule has 0 N–H and O–H groups in total. The fraction of sp³-hybridized carbons (Fsp3) is 0.429. The molecule has 0 aromatic carbocycles. The summed E-state index contributed by atoms with van der Waals surface area (Å²) in [4.78, 5) is 0. The van der Waals surface area contributed by atoms with Crippen LogP contribution in [0.15, 0.2) is 18.3 Å². The first kappa shape index (κ1) is 6.20. The monoisotopic (exact) mass is 124 g/mol. The normalized spacial score (nSPS) is 9.67. The van der Waals surface area contributed by atoms with Crippen molar-refractivity contribution >= 4 is 0 Å². The van der Waals surface area contributed by atoms with Crippen molar-refractivity contribution in [1.82, 2.24) is 4.68 Å². The van der Waals surface area contributed by atoms with Crippen molar-refractivity contribution in [1.29, 1.82) is 0 Å². The molecule has 1 heterocycles. The second kappa shape index (κ2) is 2.13. The second-order valence-corrected chi connectivity index (χ2v) is 2.34. The van der Waals surface area contributed by atoms with Gasteiger partial charge >= 0.3 is 0 Å². The lowest BCUT2D eigenvalue weighted by Gasteiger charge is -2.15. The van der Waals surface area contributed by atoms with E-state index in [2.05, 4.69) is 17.7 Å². The predicted molar refractivity (Wildman–Crippen MR) is 39.2 cm³/mol. The van der Waals surface area contributed by atoms with Gasteiger partial charge in [0.15, 0.2) is 0 Å². The van der Waals surface area contributed by atoms with Gasteiger partial charge in [0.05, 0.1) is 0 Å². The molecular weight excluding hydrogens is 112 g/mol. The van der Waals surface area contributed by atoms with Gasteiger partial charge < -0.3 is 5.01 Å². The third kappa shape index (κ3) is 1.07. The van der Waals surface area contributed by atoms with Crippen LogP contribution in [-0.4, -0.2) is 18.8 Å². The summed E-state index contributed by atoms with van der Waals surface area (Å²) in [5.74, 6) is 0. The van der Waals surface area contributed by atoms with E-state index in [1.807, 2.05) is 31.4 Å². The number of aromatic nitrogens is 1. The van der Waals surface area contributed by atoms with Crippen molar-refractivity contribution in [3.05, 3.63) is 24.0 Å². The van der Waals surface area contributed by atoms with Crippen LogP contribution < -0.4 is 5.01 Å². The van der Waals surface area contributed by atoms with Gasteiger partial charge in [-0.15, -0.1) is 0 Å². The average molecular weight is 124 g/mol. The maximum absolute atomic E-state index is 2.08. The molecule has 0 bridgehead atoms. The lowest BCUT2D eigenvalue weighted by Crippen LogP contribution is -2.24. The Hall–Kier alpha value is -0.920. The first-order chi connectivity index (χ1) is 4.22. The van der Waals surface area contributed by atoms with E-state index in [1.54, 1.807) is 0 Å². The van der Waals surface area contributed by atoms with Crippen LogP contribution in [0.1, 0.15) is 5.69 Å². The molecule has 1 aromatic rings. The highest BCUT2D eigenvalue weighted by Crippen LogP contribution is 1.97. The topological polar surface area (TPSA) is 8.17 Å². The van der Waals surface area contributed by atoms with Gasteiger partial charge in [-0.3, -0.25) is 4.68 Å². The van der Waals surface area contributed by atoms with Gasteiger partial charge in [0.25, 0.3) is 0 Å². The average Bonchev–Trinajstić information content (AvgIpc) is 2.13. The smallest absolute Gasteiger partial charge is 0.0365 e. The predicted octanol–water partition coefficient (Wildman–Crippen LogP) is 0.994. The van der Waals surface area contributed by atoms with Crippen LogP contribution in [0.2, 0.25) is 0 Å². The molecule has 9 heavy (non-hydrogen) atoms. The maximum Gasteiger partial charge on any atom is 0.0365 e. The Morgan fingerprint density at radius 3 is 2.33 bits per heavy atom. The van der Waals surface area contributed by atoms with Crippen molar-refractivity contribution in [2.45, 2.75) is 6.92 Å². The summed E-state index contributed by atoms with van der Waals surface area (Å²) in [6.07, 6.45) is 2.04. The highest BCUT2D eigenvalue weighted by molar-refractivity contribution is 5.06. The minimum Gasteiger partial charge on any atom is -0.319 e. The summed E-state index contributed by atoms with van der Waals surface area (Å²) in [6.45, 7) is 2.08. The molecule has 1 aromatic heterocycles. The van der Waals surface area contributed by atoms with E-state index >= 15 is 0 Å². The zero-order chi connectivity index (χ0) is 6.85. The zero-order valence-electron chi connectivity index (χ0n) is 6.13. The Labute approximate surface area is 55.7 Å². The Balaban J connectivity index is 2.94. The Bertz CT molecular complexity index is 189. The number of rotatable bonds is 1. The highest BCUT2D eigenvalue weighted by atomic mass is 15.5. The lowest BCUT2D eigenvalue weighted by atomic mass is 10.5. The molecule has 0 saturated heterocycles. The molecule has 50 valence electrons. The van der Waals surface area contributed by atoms with Gasteiger partial charge in [-0.05, 0) is 19.1 Å². The van der Waals surface area contributed by atoms with Crippen molar-refractivity contribution < 1.29 is 0 Å². The minimum atomic E-state index is 1.26. The zero-order valence-corrected chi connectivity index (χ0v) is 6.13. The van der Waals surface area contributed by atoms with E-state index in [-0.39, 0.29) is 0 Å². The molecule has 0 aliphatic carbocycles. The fourth-order valence-corrected chi connectivity index (χ4v) is 0.907. The van der Waals surface area contributed by atoms with Crippen molar-refractivity contribution in [2.75, 3.05) is 19.1 Å². The molecule has 0 spiro atoms. The number of aryl methyl sites for hydroxylation is 1. The number of hydrogen-bond acceptors (Lipinski definition) is 1. The first-order valence-electron chi connectivity index (χ1n) is 3.03. The molecule has 2 heteroatoms. The van der Waals surface area contributed by atoms with Crippen molar-refractivity contribution in [2.24, 2.45) is 0 Å². The van der Waals surface area contributed by atoms with E-state index < -0.39 is 0 Å². The van der Waals surface area contributed by atoms with Crippen LogP contribution in [0, 0.1) is 6.92 Å². The van der Waals surface area contributed by atoms with Gasteiger partial charge in [0, 0.05) is 26.0 Å². The Morgan fingerprint density at radius 2 is 2.11 bits per heavy atom. The third-order valence-corrected chi connectivity index (χ3v) is 1.36.